The van der Waals surface area contributed by atoms with E-state index >= 15 is 0 Å². The topological polar surface area (TPSA) is 39.7 Å². The van der Waals surface area contributed by atoms with Crippen molar-refractivity contribution in [3.05, 3.63) is 11.1 Å². The molecule has 2 aliphatic rings. The molecule has 1 aliphatic carbocycles. The summed E-state index contributed by atoms with van der Waals surface area (Å²) in [6.45, 7) is 6.89. The Bertz CT molecular complexity index is 312. The molecule has 2 fully saturated rings. The molecule has 2 rings (SSSR count). The first kappa shape index (κ1) is 12.9. The minimum Gasteiger partial charge on any atom is -0.352 e. The maximum atomic E-state index is 4.22. The van der Waals surface area contributed by atoms with Gasteiger partial charge in [0, 0.05) is 43.2 Å². The molecule has 0 aromatic carbocycles. The van der Waals surface area contributed by atoms with Crippen LogP contribution in [0.1, 0.15) is 19.3 Å². The Morgan fingerprint density at radius 1 is 1.47 bits per heavy atom. The molecule has 0 spiro atoms. The van der Waals surface area contributed by atoms with Crippen molar-refractivity contribution < 1.29 is 0 Å². The van der Waals surface area contributed by atoms with Gasteiger partial charge in [0.2, 0.25) is 0 Å². The fourth-order valence-corrected chi connectivity index (χ4v) is 2.38. The summed E-state index contributed by atoms with van der Waals surface area (Å²) in [7, 11) is 1.81. The van der Waals surface area contributed by atoms with E-state index in [-0.39, 0.29) is 0 Å². The van der Waals surface area contributed by atoms with E-state index in [1.54, 1.807) is 7.05 Å². The van der Waals surface area contributed by atoms with Crippen LogP contribution in [0.2, 0.25) is 0 Å². The third-order valence-corrected chi connectivity index (χ3v) is 3.58. The molecule has 1 saturated heterocycles. The minimum absolute atomic E-state index is 0.533. The van der Waals surface area contributed by atoms with E-state index < -0.39 is 0 Å². The van der Waals surface area contributed by atoms with E-state index in [1.165, 1.54) is 25.8 Å². The highest BCUT2D eigenvalue weighted by molar-refractivity contribution is 9.11. The number of nitrogens with zero attached hydrogens (tertiary/aromatic N) is 2. The van der Waals surface area contributed by atoms with Crippen molar-refractivity contribution in [2.24, 2.45) is 4.99 Å². The molecule has 1 heterocycles. The Balaban J connectivity index is 1.73. The predicted octanol–water partition coefficient (Wildman–Crippen LogP) is 1.30. The summed E-state index contributed by atoms with van der Waals surface area (Å²) in [5.41, 5.74) is 0. The van der Waals surface area contributed by atoms with Crippen molar-refractivity contribution in [3.8, 4) is 0 Å². The highest BCUT2D eigenvalue weighted by Gasteiger charge is 2.34. The first-order valence-corrected chi connectivity index (χ1v) is 7.03. The number of hydrogen-bond donors (Lipinski definition) is 2. The Morgan fingerprint density at radius 3 is 2.82 bits per heavy atom. The van der Waals surface area contributed by atoms with Crippen molar-refractivity contribution in [2.45, 2.75) is 31.3 Å². The van der Waals surface area contributed by atoms with E-state index in [9.17, 15) is 0 Å². The average molecular weight is 301 g/mol. The molecule has 0 amide bonds. The lowest BCUT2D eigenvalue weighted by Gasteiger charge is -2.18. The molecule has 1 saturated carbocycles. The number of nitrogens with one attached hydrogen (secondary N) is 2. The average Bonchev–Trinajstić information content (AvgIpc) is 3.05. The van der Waals surface area contributed by atoms with Crippen LogP contribution in [0.4, 0.5) is 0 Å². The molecular weight excluding hydrogens is 280 g/mol. The van der Waals surface area contributed by atoms with Crippen molar-refractivity contribution >= 4 is 21.9 Å². The predicted molar refractivity (Wildman–Crippen MR) is 75.6 cm³/mol. The molecule has 1 atom stereocenters. The molecule has 17 heavy (non-hydrogen) atoms. The van der Waals surface area contributed by atoms with Gasteiger partial charge in [-0.2, -0.15) is 0 Å². The molecule has 1 unspecified atom stereocenters. The standard InChI is InChI=1S/C12H21BrN4/c1-9(13)7-15-12(14-2)16-10-5-6-17(8-10)11-3-4-11/h10-11H,1,3-8H2,2H3,(H2,14,15,16). The Hall–Kier alpha value is -0.550. The molecule has 0 radical (unpaired) electrons. The summed E-state index contributed by atoms with van der Waals surface area (Å²) in [4.78, 5) is 6.81. The van der Waals surface area contributed by atoms with Gasteiger partial charge in [-0.1, -0.05) is 22.5 Å². The summed E-state index contributed by atoms with van der Waals surface area (Å²) in [5, 5.41) is 6.70. The van der Waals surface area contributed by atoms with Gasteiger partial charge in [-0.15, -0.1) is 0 Å². The van der Waals surface area contributed by atoms with Gasteiger partial charge >= 0.3 is 0 Å². The van der Waals surface area contributed by atoms with E-state index in [1.807, 2.05) is 0 Å². The lowest BCUT2D eigenvalue weighted by Crippen LogP contribution is -2.45. The molecular formula is C12H21BrN4. The number of likely N-dealkylation sites (tertiary alicyclic amines) is 1. The van der Waals surface area contributed by atoms with Crippen LogP contribution in [0.25, 0.3) is 0 Å². The fourth-order valence-electron chi connectivity index (χ4n) is 2.24. The summed E-state index contributed by atoms with van der Waals surface area (Å²) in [6, 6.07) is 1.41. The Morgan fingerprint density at radius 2 is 2.24 bits per heavy atom. The van der Waals surface area contributed by atoms with E-state index in [2.05, 4.69) is 43.0 Å². The highest BCUT2D eigenvalue weighted by Crippen LogP contribution is 2.29. The van der Waals surface area contributed by atoms with Crippen molar-refractivity contribution in [1.82, 2.24) is 15.5 Å². The number of aliphatic imine (C=N–C) groups is 1. The second-order valence-electron chi connectivity index (χ2n) is 4.80. The molecule has 1 aliphatic heterocycles. The molecule has 0 aromatic heterocycles. The van der Waals surface area contributed by atoms with Crippen LogP contribution >= 0.6 is 15.9 Å². The summed E-state index contributed by atoms with van der Waals surface area (Å²) < 4.78 is 0.937. The van der Waals surface area contributed by atoms with Crippen molar-refractivity contribution in [1.29, 1.82) is 0 Å². The first-order valence-electron chi connectivity index (χ1n) is 6.23. The van der Waals surface area contributed by atoms with Crippen molar-refractivity contribution in [2.75, 3.05) is 26.7 Å². The van der Waals surface area contributed by atoms with Crippen molar-refractivity contribution in [3.63, 3.8) is 0 Å². The number of halogens is 1. The Labute approximate surface area is 112 Å². The SMILES string of the molecule is C=C(Br)CNC(=NC)NC1CCN(C2CC2)C1. The fraction of sp³-hybridized carbons (Fsp3) is 0.750. The zero-order chi connectivity index (χ0) is 12.3. The zero-order valence-corrected chi connectivity index (χ0v) is 12.0. The number of rotatable bonds is 4. The van der Waals surface area contributed by atoms with E-state index in [0.717, 1.165) is 23.0 Å². The lowest BCUT2D eigenvalue weighted by molar-refractivity contribution is 0.321. The van der Waals surface area contributed by atoms with Gasteiger partial charge in [-0.05, 0) is 19.3 Å². The zero-order valence-electron chi connectivity index (χ0n) is 10.4. The third-order valence-electron chi connectivity index (χ3n) is 3.30. The molecule has 0 aromatic rings. The highest BCUT2D eigenvalue weighted by atomic mass is 79.9. The number of hydrogen-bond acceptors (Lipinski definition) is 2. The van der Waals surface area contributed by atoms with Crippen LogP contribution in [-0.2, 0) is 0 Å². The molecule has 2 N–H and O–H groups in total. The summed E-state index contributed by atoms with van der Waals surface area (Å²) >= 11 is 3.33. The normalized spacial score (nSPS) is 26.0. The largest absolute Gasteiger partial charge is 0.352 e. The van der Waals surface area contributed by atoms with Crippen LogP contribution in [-0.4, -0.2) is 49.6 Å². The number of guanidine groups is 1. The molecule has 96 valence electrons. The molecule has 0 bridgehead atoms. The van der Waals surface area contributed by atoms with Crippen LogP contribution < -0.4 is 10.6 Å². The van der Waals surface area contributed by atoms with Crippen LogP contribution in [0.5, 0.6) is 0 Å². The third kappa shape index (κ3) is 4.00. The van der Waals surface area contributed by atoms with Crippen LogP contribution in [0.3, 0.4) is 0 Å². The van der Waals surface area contributed by atoms with Gasteiger partial charge in [0.1, 0.15) is 0 Å². The maximum absolute atomic E-state index is 4.22. The van der Waals surface area contributed by atoms with Gasteiger partial charge in [-0.25, -0.2) is 0 Å². The van der Waals surface area contributed by atoms with E-state index in [0.29, 0.717) is 12.6 Å². The van der Waals surface area contributed by atoms with Gasteiger partial charge in [0.05, 0.1) is 0 Å². The van der Waals surface area contributed by atoms with Gasteiger partial charge in [-0.3, -0.25) is 9.89 Å². The first-order chi connectivity index (χ1) is 8.19. The second-order valence-corrected chi connectivity index (χ2v) is 5.92. The molecule has 5 heteroatoms. The lowest BCUT2D eigenvalue weighted by atomic mass is 10.3. The van der Waals surface area contributed by atoms with E-state index in [4.69, 9.17) is 0 Å². The van der Waals surface area contributed by atoms with Crippen LogP contribution in [0.15, 0.2) is 16.1 Å². The summed E-state index contributed by atoms with van der Waals surface area (Å²) in [5.74, 6) is 0.869. The monoisotopic (exact) mass is 300 g/mol. The van der Waals surface area contributed by atoms with Gasteiger partial charge < -0.3 is 10.6 Å². The minimum atomic E-state index is 0.533. The quantitative estimate of drug-likeness (QED) is 0.607. The Kier molecular flexibility index (Phi) is 4.45. The smallest absolute Gasteiger partial charge is 0.191 e. The van der Waals surface area contributed by atoms with Gasteiger partial charge in [0.15, 0.2) is 5.96 Å². The molecule has 4 nitrogen and oxygen atoms in total. The second kappa shape index (κ2) is 5.87. The van der Waals surface area contributed by atoms with Crippen LogP contribution in [0, 0.1) is 0 Å². The maximum Gasteiger partial charge on any atom is 0.191 e. The summed E-state index contributed by atoms with van der Waals surface area (Å²) in [6.07, 6.45) is 4.00. The van der Waals surface area contributed by atoms with Gasteiger partial charge in [0.25, 0.3) is 0 Å².